The second kappa shape index (κ2) is 8.22. The molecule has 0 aromatic carbocycles. The van der Waals surface area contributed by atoms with Crippen LogP contribution in [0.3, 0.4) is 0 Å². The summed E-state index contributed by atoms with van der Waals surface area (Å²) in [5.74, 6) is 2.44. The Morgan fingerprint density at radius 2 is 2.04 bits per heavy atom. The molecular formula is C17H24N4O2. The Kier molecular flexibility index (Phi) is 6.02. The van der Waals surface area contributed by atoms with Crippen LogP contribution in [0.5, 0.6) is 0 Å². The molecule has 3 N–H and O–H groups in total. The third kappa shape index (κ3) is 5.65. The number of nitrogens with zero attached hydrogens (tertiary/aromatic N) is 1. The number of aryl methyl sites for hydroxylation is 2. The Morgan fingerprint density at radius 3 is 2.70 bits per heavy atom. The second-order valence-electron chi connectivity index (χ2n) is 5.57. The molecule has 0 saturated heterocycles. The lowest BCUT2D eigenvalue weighted by Gasteiger charge is -2.12. The molecule has 2 rings (SSSR count). The van der Waals surface area contributed by atoms with Gasteiger partial charge < -0.3 is 20.4 Å². The molecule has 0 radical (unpaired) electrons. The maximum absolute atomic E-state index is 11.8. The van der Waals surface area contributed by atoms with E-state index < -0.39 is 0 Å². The number of hydrogen-bond acceptors (Lipinski definition) is 4. The Bertz CT molecular complexity index is 622. The summed E-state index contributed by atoms with van der Waals surface area (Å²) >= 11 is 0. The Balaban J connectivity index is 1.60. The number of amides is 2. The van der Waals surface area contributed by atoms with Gasteiger partial charge in [-0.3, -0.25) is 0 Å². The molecule has 0 bridgehead atoms. The molecule has 6 heteroatoms. The van der Waals surface area contributed by atoms with Crippen molar-refractivity contribution in [2.45, 2.75) is 33.2 Å². The van der Waals surface area contributed by atoms with Crippen LogP contribution in [0.4, 0.5) is 10.6 Å². The zero-order chi connectivity index (χ0) is 16.7. The van der Waals surface area contributed by atoms with Gasteiger partial charge in [0.2, 0.25) is 0 Å². The van der Waals surface area contributed by atoms with E-state index in [9.17, 15) is 4.79 Å². The van der Waals surface area contributed by atoms with E-state index in [0.29, 0.717) is 6.54 Å². The fourth-order valence-electron chi connectivity index (χ4n) is 2.08. The van der Waals surface area contributed by atoms with Crippen LogP contribution >= 0.6 is 0 Å². The van der Waals surface area contributed by atoms with E-state index in [4.69, 9.17) is 4.42 Å². The molecule has 1 atom stereocenters. The van der Waals surface area contributed by atoms with Crippen LogP contribution in [0, 0.1) is 13.8 Å². The minimum absolute atomic E-state index is 0.154. The van der Waals surface area contributed by atoms with Crippen molar-refractivity contribution in [2.75, 3.05) is 18.4 Å². The Labute approximate surface area is 136 Å². The van der Waals surface area contributed by atoms with Gasteiger partial charge in [0.25, 0.3) is 0 Å². The normalized spacial score (nSPS) is 11.8. The molecule has 2 amide bonds. The number of rotatable bonds is 7. The van der Waals surface area contributed by atoms with Crippen LogP contribution in [0.25, 0.3) is 0 Å². The lowest BCUT2D eigenvalue weighted by Crippen LogP contribution is -2.37. The number of nitrogens with one attached hydrogen (secondary N) is 3. The minimum atomic E-state index is -0.194. The van der Waals surface area contributed by atoms with Crippen molar-refractivity contribution in [1.29, 1.82) is 0 Å². The number of hydrogen-bond donors (Lipinski definition) is 3. The maximum Gasteiger partial charge on any atom is 0.315 e. The first kappa shape index (κ1) is 16.9. The predicted molar refractivity (Wildman–Crippen MR) is 90.5 cm³/mol. The highest BCUT2D eigenvalue weighted by molar-refractivity contribution is 5.74. The Hall–Kier alpha value is -2.50. The average molecular weight is 316 g/mol. The molecule has 124 valence electrons. The summed E-state index contributed by atoms with van der Waals surface area (Å²) in [7, 11) is 0. The molecule has 0 unspecified atom stereocenters. The summed E-state index contributed by atoms with van der Waals surface area (Å²) in [6, 6.07) is 7.37. The number of carbonyl (C=O) groups excluding carboxylic acids is 1. The lowest BCUT2D eigenvalue weighted by atomic mass is 10.2. The number of carbonyl (C=O) groups is 1. The third-order valence-corrected chi connectivity index (χ3v) is 3.39. The highest BCUT2D eigenvalue weighted by Crippen LogP contribution is 2.15. The topological polar surface area (TPSA) is 79.2 Å². The molecule has 0 spiro atoms. The Morgan fingerprint density at radius 1 is 1.22 bits per heavy atom. The van der Waals surface area contributed by atoms with Crippen molar-refractivity contribution in [3.8, 4) is 0 Å². The van der Waals surface area contributed by atoms with Gasteiger partial charge in [-0.25, -0.2) is 9.78 Å². The summed E-state index contributed by atoms with van der Waals surface area (Å²) in [5.41, 5.74) is 1.13. The standard InChI is InChI=1S/C17H24N4O2/c1-12-5-8-16(20-11-12)18-9-4-10-19-17(22)21-14(3)15-7-6-13(2)23-15/h5-8,11,14H,4,9-10H2,1-3H3,(H,18,20)(H2,19,21,22)/t14-/m1/s1. The summed E-state index contributed by atoms with van der Waals surface area (Å²) in [6.07, 6.45) is 2.64. The van der Waals surface area contributed by atoms with Crippen molar-refractivity contribution < 1.29 is 9.21 Å². The summed E-state index contributed by atoms with van der Waals surface area (Å²) in [5, 5.41) is 8.90. The van der Waals surface area contributed by atoms with Gasteiger partial charge in [0.15, 0.2) is 0 Å². The van der Waals surface area contributed by atoms with Crippen molar-refractivity contribution in [1.82, 2.24) is 15.6 Å². The highest BCUT2D eigenvalue weighted by Gasteiger charge is 2.11. The molecule has 0 aliphatic heterocycles. The van der Waals surface area contributed by atoms with Gasteiger partial charge in [-0.15, -0.1) is 0 Å². The molecule has 6 nitrogen and oxygen atoms in total. The highest BCUT2D eigenvalue weighted by atomic mass is 16.3. The van der Waals surface area contributed by atoms with Gasteiger partial charge in [0.05, 0.1) is 6.04 Å². The molecule has 0 fully saturated rings. The van der Waals surface area contributed by atoms with Gasteiger partial charge in [-0.2, -0.15) is 0 Å². The lowest BCUT2D eigenvalue weighted by molar-refractivity contribution is 0.236. The van der Waals surface area contributed by atoms with E-state index in [0.717, 1.165) is 35.9 Å². The zero-order valence-corrected chi connectivity index (χ0v) is 13.8. The summed E-state index contributed by atoms with van der Waals surface area (Å²) < 4.78 is 5.49. The minimum Gasteiger partial charge on any atom is -0.464 e. The van der Waals surface area contributed by atoms with Crippen LogP contribution in [-0.2, 0) is 0 Å². The molecule has 2 aromatic heterocycles. The third-order valence-electron chi connectivity index (χ3n) is 3.39. The smallest absolute Gasteiger partial charge is 0.315 e. The van der Waals surface area contributed by atoms with E-state index in [-0.39, 0.29) is 12.1 Å². The molecule has 2 heterocycles. The van der Waals surface area contributed by atoms with Gasteiger partial charge in [-0.05, 0) is 51.0 Å². The van der Waals surface area contributed by atoms with Crippen molar-refractivity contribution in [2.24, 2.45) is 0 Å². The fourth-order valence-corrected chi connectivity index (χ4v) is 2.08. The van der Waals surface area contributed by atoms with Gasteiger partial charge in [0, 0.05) is 19.3 Å². The quantitative estimate of drug-likeness (QED) is 0.686. The summed E-state index contributed by atoms with van der Waals surface area (Å²) in [4.78, 5) is 16.1. The summed E-state index contributed by atoms with van der Waals surface area (Å²) in [6.45, 7) is 7.12. The van der Waals surface area contributed by atoms with Crippen LogP contribution in [0.2, 0.25) is 0 Å². The number of furan rings is 1. The van der Waals surface area contributed by atoms with Gasteiger partial charge in [-0.1, -0.05) is 6.07 Å². The van der Waals surface area contributed by atoms with Crippen molar-refractivity contribution >= 4 is 11.8 Å². The molecule has 2 aromatic rings. The second-order valence-corrected chi connectivity index (χ2v) is 5.57. The molecule has 0 saturated carbocycles. The number of anilines is 1. The number of urea groups is 1. The first-order valence-corrected chi connectivity index (χ1v) is 7.82. The van der Waals surface area contributed by atoms with Crippen LogP contribution < -0.4 is 16.0 Å². The maximum atomic E-state index is 11.8. The fraction of sp³-hybridized carbons (Fsp3) is 0.412. The predicted octanol–water partition coefficient (Wildman–Crippen LogP) is 3.15. The first-order valence-electron chi connectivity index (χ1n) is 7.82. The largest absolute Gasteiger partial charge is 0.464 e. The van der Waals surface area contributed by atoms with E-state index in [1.165, 1.54) is 0 Å². The molecule has 23 heavy (non-hydrogen) atoms. The average Bonchev–Trinajstić information content (AvgIpc) is 2.95. The van der Waals surface area contributed by atoms with Crippen molar-refractivity contribution in [3.63, 3.8) is 0 Å². The van der Waals surface area contributed by atoms with E-state index >= 15 is 0 Å². The van der Waals surface area contributed by atoms with E-state index in [1.54, 1.807) is 0 Å². The van der Waals surface area contributed by atoms with Crippen LogP contribution in [-0.4, -0.2) is 24.1 Å². The number of pyridine rings is 1. The first-order chi connectivity index (χ1) is 11.0. The molecular weight excluding hydrogens is 292 g/mol. The number of aromatic nitrogens is 1. The zero-order valence-electron chi connectivity index (χ0n) is 13.8. The van der Waals surface area contributed by atoms with Gasteiger partial charge >= 0.3 is 6.03 Å². The van der Waals surface area contributed by atoms with Crippen LogP contribution in [0.1, 0.15) is 36.5 Å². The van der Waals surface area contributed by atoms with Crippen molar-refractivity contribution in [3.05, 3.63) is 47.5 Å². The van der Waals surface area contributed by atoms with Crippen LogP contribution in [0.15, 0.2) is 34.9 Å². The van der Waals surface area contributed by atoms with E-state index in [2.05, 4.69) is 20.9 Å². The monoisotopic (exact) mass is 316 g/mol. The molecule has 0 aliphatic rings. The van der Waals surface area contributed by atoms with Gasteiger partial charge in [0.1, 0.15) is 17.3 Å². The van der Waals surface area contributed by atoms with E-state index in [1.807, 2.05) is 51.2 Å². The SMILES string of the molecule is Cc1ccc(NCCCNC(=O)N[C@H](C)c2ccc(C)o2)nc1. The molecule has 0 aliphatic carbocycles.